The molecule has 0 aliphatic carbocycles. The van der Waals surface area contributed by atoms with Gasteiger partial charge in [-0.1, -0.05) is 42.1 Å². The summed E-state index contributed by atoms with van der Waals surface area (Å²) >= 11 is 1.30. The molecule has 7 nitrogen and oxygen atoms in total. The van der Waals surface area contributed by atoms with Crippen molar-refractivity contribution in [2.75, 3.05) is 0 Å². The van der Waals surface area contributed by atoms with Gasteiger partial charge in [-0.3, -0.25) is 14.9 Å². The third-order valence-electron chi connectivity index (χ3n) is 4.70. The predicted molar refractivity (Wildman–Crippen MR) is 116 cm³/mol. The summed E-state index contributed by atoms with van der Waals surface area (Å²) in [6.07, 6.45) is 0. The lowest BCUT2D eigenvalue weighted by atomic mass is 10.1. The quantitative estimate of drug-likeness (QED) is 0.267. The number of rotatable bonds is 6. The molecule has 0 radical (unpaired) electrons. The van der Waals surface area contributed by atoms with Gasteiger partial charge in [0, 0.05) is 39.3 Å². The molecule has 0 saturated carbocycles. The van der Waals surface area contributed by atoms with Crippen LogP contribution in [0.1, 0.15) is 15.9 Å². The Morgan fingerprint density at radius 2 is 1.74 bits per heavy atom. The Hall–Kier alpha value is -3.85. The molecule has 0 bridgehead atoms. The second-order valence-corrected chi connectivity index (χ2v) is 7.62. The molecule has 0 aliphatic rings. The highest BCUT2D eigenvalue weighted by molar-refractivity contribution is 7.98. The van der Waals surface area contributed by atoms with Crippen LogP contribution < -0.4 is 5.73 Å². The number of aromatic nitrogens is 2. The summed E-state index contributed by atoms with van der Waals surface area (Å²) in [6.45, 7) is 0. The topological polar surface area (TPSA) is 112 Å². The van der Waals surface area contributed by atoms with Crippen LogP contribution in [-0.4, -0.2) is 21.0 Å². The van der Waals surface area contributed by atoms with Crippen LogP contribution in [-0.2, 0) is 5.75 Å². The number of nitro benzene ring substituents is 1. The Bertz CT molecular complexity index is 1310. The molecule has 1 heterocycles. The highest BCUT2D eigenvalue weighted by atomic mass is 32.2. The monoisotopic (exact) mass is 434 g/mol. The summed E-state index contributed by atoms with van der Waals surface area (Å²) in [6, 6.07) is 17.7. The van der Waals surface area contributed by atoms with E-state index in [1.165, 1.54) is 42.1 Å². The van der Waals surface area contributed by atoms with Gasteiger partial charge in [-0.15, -0.1) is 10.2 Å². The van der Waals surface area contributed by atoms with E-state index in [1.54, 1.807) is 12.1 Å². The van der Waals surface area contributed by atoms with Crippen molar-refractivity contribution < 1.29 is 14.1 Å². The van der Waals surface area contributed by atoms with E-state index in [2.05, 4.69) is 10.2 Å². The van der Waals surface area contributed by atoms with Crippen molar-refractivity contribution in [1.82, 2.24) is 10.2 Å². The van der Waals surface area contributed by atoms with E-state index in [0.29, 0.717) is 16.3 Å². The van der Waals surface area contributed by atoms with E-state index in [4.69, 9.17) is 5.73 Å². The fourth-order valence-corrected chi connectivity index (χ4v) is 4.13. The summed E-state index contributed by atoms with van der Waals surface area (Å²) in [5.74, 6) is -0.808. The Morgan fingerprint density at radius 1 is 1.03 bits per heavy atom. The van der Waals surface area contributed by atoms with Gasteiger partial charge in [0.15, 0.2) is 0 Å². The lowest BCUT2D eigenvalue weighted by Crippen LogP contribution is -2.11. The number of nitro groups is 1. The zero-order chi connectivity index (χ0) is 22.0. The Labute approximate surface area is 180 Å². The fourth-order valence-electron chi connectivity index (χ4n) is 3.16. The summed E-state index contributed by atoms with van der Waals surface area (Å²) < 4.78 is 13.3. The second kappa shape index (κ2) is 8.49. The Balaban J connectivity index is 1.69. The van der Waals surface area contributed by atoms with Gasteiger partial charge in [0.05, 0.1) is 4.92 Å². The zero-order valence-corrected chi connectivity index (χ0v) is 16.8. The van der Waals surface area contributed by atoms with E-state index >= 15 is 0 Å². The van der Waals surface area contributed by atoms with Crippen LogP contribution in [0.2, 0.25) is 0 Å². The highest BCUT2D eigenvalue weighted by Crippen LogP contribution is 2.34. The number of amides is 1. The van der Waals surface area contributed by atoms with Gasteiger partial charge in [-0.05, 0) is 30.3 Å². The van der Waals surface area contributed by atoms with Crippen molar-refractivity contribution in [2.45, 2.75) is 10.8 Å². The first-order chi connectivity index (χ1) is 14.9. The highest BCUT2D eigenvalue weighted by Gasteiger charge is 2.18. The van der Waals surface area contributed by atoms with Gasteiger partial charge in [-0.2, -0.15) is 0 Å². The molecule has 0 unspecified atom stereocenters. The second-order valence-electron chi connectivity index (χ2n) is 6.66. The van der Waals surface area contributed by atoms with E-state index in [1.807, 2.05) is 24.3 Å². The molecule has 1 amide bonds. The van der Waals surface area contributed by atoms with Crippen LogP contribution >= 0.6 is 11.8 Å². The van der Waals surface area contributed by atoms with Crippen molar-refractivity contribution >= 4 is 34.1 Å². The van der Waals surface area contributed by atoms with Gasteiger partial charge >= 0.3 is 0 Å². The molecule has 0 atom stereocenters. The first kappa shape index (κ1) is 20.4. The molecule has 4 aromatic rings. The lowest BCUT2D eigenvalue weighted by molar-refractivity contribution is -0.385. The number of primary amides is 1. The van der Waals surface area contributed by atoms with Crippen molar-refractivity contribution in [3.63, 3.8) is 0 Å². The minimum absolute atomic E-state index is 0.0781. The van der Waals surface area contributed by atoms with Crippen LogP contribution in [0.5, 0.6) is 0 Å². The van der Waals surface area contributed by atoms with Gasteiger partial charge in [-0.25, -0.2) is 4.39 Å². The number of halogens is 1. The number of hydrogen-bond donors (Lipinski definition) is 1. The van der Waals surface area contributed by atoms with Crippen LogP contribution in [0.15, 0.2) is 71.8 Å². The molecule has 9 heteroatoms. The largest absolute Gasteiger partial charge is 0.366 e. The first-order valence-electron chi connectivity index (χ1n) is 9.15. The smallest absolute Gasteiger partial charge is 0.274 e. The maximum atomic E-state index is 13.3. The van der Waals surface area contributed by atoms with Crippen molar-refractivity contribution in [3.8, 4) is 11.3 Å². The summed E-state index contributed by atoms with van der Waals surface area (Å²) in [7, 11) is 0. The molecule has 0 saturated heterocycles. The van der Waals surface area contributed by atoms with Crippen LogP contribution in [0.25, 0.3) is 22.0 Å². The average molecular weight is 434 g/mol. The van der Waals surface area contributed by atoms with Gasteiger partial charge in [0.25, 0.3) is 5.69 Å². The SMILES string of the molecule is NC(=O)c1ccc(CSc2nnc(-c3ccc(F)cc3)c3ccccc23)c([N+](=O)[O-])c1. The Kier molecular flexibility index (Phi) is 5.59. The van der Waals surface area contributed by atoms with Crippen molar-refractivity contribution in [3.05, 3.63) is 93.8 Å². The van der Waals surface area contributed by atoms with E-state index in [9.17, 15) is 19.3 Å². The number of hydrogen-bond acceptors (Lipinski definition) is 6. The number of carbonyl (C=O) groups excluding carboxylic acids is 1. The normalized spacial score (nSPS) is 10.9. The number of benzene rings is 3. The van der Waals surface area contributed by atoms with E-state index in [-0.39, 0.29) is 22.8 Å². The summed E-state index contributed by atoms with van der Waals surface area (Å²) in [4.78, 5) is 22.2. The predicted octanol–water partition coefficient (Wildman–Crippen LogP) is 4.74. The summed E-state index contributed by atoms with van der Waals surface area (Å²) in [5.41, 5.74) is 6.92. The molecular weight excluding hydrogens is 419 g/mol. The van der Waals surface area contributed by atoms with Gasteiger partial charge in [0.1, 0.15) is 16.5 Å². The Morgan fingerprint density at radius 3 is 2.42 bits per heavy atom. The third-order valence-corrected chi connectivity index (χ3v) is 5.73. The lowest BCUT2D eigenvalue weighted by Gasteiger charge is -2.10. The maximum Gasteiger partial charge on any atom is 0.274 e. The molecule has 0 aliphatic heterocycles. The van der Waals surface area contributed by atoms with E-state index < -0.39 is 10.8 Å². The molecule has 0 spiro atoms. The molecule has 31 heavy (non-hydrogen) atoms. The average Bonchev–Trinajstić information content (AvgIpc) is 2.78. The summed E-state index contributed by atoms with van der Waals surface area (Å²) in [5, 5.41) is 22.4. The molecular formula is C22H15FN4O3S. The van der Waals surface area contributed by atoms with Gasteiger partial charge in [0.2, 0.25) is 5.91 Å². The number of carbonyl (C=O) groups is 1. The maximum absolute atomic E-state index is 13.3. The molecule has 3 aromatic carbocycles. The standard InChI is InChI=1S/C22H15FN4O3S/c23-16-9-7-13(8-10-16)20-17-3-1-2-4-18(17)22(26-25-20)31-12-15-6-5-14(21(24)28)11-19(15)27(29)30/h1-11H,12H2,(H2,24,28). The van der Waals surface area contributed by atoms with Crippen molar-refractivity contribution in [2.24, 2.45) is 5.73 Å². The molecule has 154 valence electrons. The number of nitrogens with two attached hydrogens (primary N) is 1. The first-order valence-corrected chi connectivity index (χ1v) is 10.1. The van der Waals surface area contributed by atoms with Crippen LogP contribution in [0.3, 0.4) is 0 Å². The number of thioether (sulfide) groups is 1. The number of nitrogens with zero attached hydrogens (tertiary/aromatic N) is 3. The number of fused-ring (bicyclic) bond motifs is 1. The molecule has 2 N–H and O–H groups in total. The fraction of sp³-hybridized carbons (Fsp3) is 0.0455. The van der Waals surface area contributed by atoms with E-state index in [0.717, 1.165) is 16.3 Å². The molecule has 4 rings (SSSR count). The van der Waals surface area contributed by atoms with Crippen molar-refractivity contribution in [1.29, 1.82) is 0 Å². The minimum atomic E-state index is -0.726. The molecule has 1 aromatic heterocycles. The third kappa shape index (κ3) is 4.22. The van der Waals surface area contributed by atoms with Gasteiger partial charge < -0.3 is 5.73 Å². The zero-order valence-electron chi connectivity index (χ0n) is 16.0. The van der Waals surface area contributed by atoms with Crippen LogP contribution in [0, 0.1) is 15.9 Å². The minimum Gasteiger partial charge on any atom is -0.366 e. The van der Waals surface area contributed by atoms with Crippen LogP contribution in [0.4, 0.5) is 10.1 Å². The molecule has 0 fully saturated rings.